The van der Waals surface area contributed by atoms with E-state index in [1.807, 2.05) is 0 Å². The second-order valence-corrected chi connectivity index (χ2v) is 15.5. The molecule has 0 rings (SSSR count). The molecule has 0 aromatic heterocycles. The Balaban J connectivity index is 5.75. The summed E-state index contributed by atoms with van der Waals surface area (Å²) < 4.78 is 0. The summed E-state index contributed by atoms with van der Waals surface area (Å²) in [7, 11) is -1.12. The van der Waals surface area contributed by atoms with Gasteiger partial charge in [0.2, 0.25) is 0 Å². The van der Waals surface area contributed by atoms with E-state index in [9.17, 15) is 0 Å². The fraction of sp³-hybridized carbons (Fsp3) is 1.00. The predicted octanol–water partition coefficient (Wildman–Crippen LogP) is 7.76. The Morgan fingerprint density at radius 1 is 0.619 bits per heavy atom. The minimum atomic E-state index is -1.12. The van der Waals surface area contributed by atoms with Crippen molar-refractivity contribution in [1.29, 1.82) is 0 Å². The van der Waals surface area contributed by atoms with Crippen molar-refractivity contribution >= 4 is 7.26 Å². The fourth-order valence-corrected chi connectivity index (χ4v) is 14.1. The van der Waals surface area contributed by atoms with Crippen LogP contribution in [0.2, 0.25) is 0 Å². The zero-order chi connectivity index (χ0) is 16.9. The first-order valence-corrected chi connectivity index (χ1v) is 11.2. The minimum Gasteiger partial charge on any atom is -0.0654 e. The molecule has 0 N–H and O–H groups in total. The standard InChI is InChI=1S/C20H44P/c1-11-13-15-16-20(9,10)21(17-14-12-2,18(3,4)5)19(6,7)8/h11-17H2,1-10H3/q+1. The van der Waals surface area contributed by atoms with Crippen molar-refractivity contribution in [3.63, 3.8) is 0 Å². The molecule has 0 radical (unpaired) electrons. The van der Waals surface area contributed by atoms with E-state index in [0.29, 0.717) is 15.5 Å². The summed E-state index contributed by atoms with van der Waals surface area (Å²) >= 11 is 0. The molecule has 0 amide bonds. The molecule has 128 valence electrons. The van der Waals surface area contributed by atoms with Crippen LogP contribution in [0.15, 0.2) is 0 Å². The molecule has 0 spiro atoms. The second-order valence-electron chi connectivity index (χ2n) is 9.50. The van der Waals surface area contributed by atoms with Crippen molar-refractivity contribution in [1.82, 2.24) is 0 Å². The topological polar surface area (TPSA) is 0 Å². The van der Waals surface area contributed by atoms with Gasteiger partial charge in [0.25, 0.3) is 0 Å². The molecule has 21 heavy (non-hydrogen) atoms. The summed E-state index contributed by atoms with van der Waals surface area (Å²) in [5.41, 5.74) is 0. The lowest BCUT2D eigenvalue weighted by atomic mass is 10.0. The van der Waals surface area contributed by atoms with E-state index in [1.165, 1.54) is 44.7 Å². The fourth-order valence-electron chi connectivity index (χ4n) is 5.19. The lowest BCUT2D eigenvalue weighted by Gasteiger charge is -2.56. The molecule has 0 aromatic carbocycles. The first-order valence-electron chi connectivity index (χ1n) is 9.25. The van der Waals surface area contributed by atoms with Crippen LogP contribution < -0.4 is 0 Å². The normalized spacial score (nSPS) is 14.6. The highest BCUT2D eigenvalue weighted by Crippen LogP contribution is 2.84. The van der Waals surface area contributed by atoms with Crippen LogP contribution in [0, 0.1) is 0 Å². The molecule has 0 heterocycles. The van der Waals surface area contributed by atoms with Gasteiger partial charge >= 0.3 is 0 Å². The molecule has 0 unspecified atom stereocenters. The van der Waals surface area contributed by atoms with E-state index in [-0.39, 0.29) is 0 Å². The third-order valence-electron chi connectivity index (χ3n) is 5.56. The summed E-state index contributed by atoms with van der Waals surface area (Å²) in [6.45, 7) is 25.1. The quantitative estimate of drug-likeness (QED) is 0.317. The smallest absolute Gasteiger partial charge is 0.0654 e. The van der Waals surface area contributed by atoms with Crippen LogP contribution in [0.4, 0.5) is 0 Å². The molecule has 1 heteroatoms. The number of unbranched alkanes of at least 4 members (excludes halogenated alkanes) is 3. The highest BCUT2D eigenvalue weighted by Gasteiger charge is 2.64. The van der Waals surface area contributed by atoms with E-state index in [1.54, 1.807) is 0 Å². The first kappa shape index (κ1) is 21.4. The van der Waals surface area contributed by atoms with Crippen molar-refractivity contribution in [2.75, 3.05) is 6.16 Å². The van der Waals surface area contributed by atoms with Crippen LogP contribution in [0.1, 0.15) is 108 Å². The summed E-state index contributed by atoms with van der Waals surface area (Å²) in [6, 6.07) is 0. The van der Waals surface area contributed by atoms with E-state index < -0.39 is 7.26 Å². The molecular weight excluding hydrogens is 271 g/mol. The maximum absolute atomic E-state index is 2.60. The van der Waals surface area contributed by atoms with Gasteiger partial charge in [0.1, 0.15) is 0 Å². The Bertz CT molecular complexity index is 274. The zero-order valence-corrected chi connectivity index (χ0v) is 17.8. The number of hydrogen-bond donors (Lipinski definition) is 0. The van der Waals surface area contributed by atoms with Crippen molar-refractivity contribution in [3.05, 3.63) is 0 Å². The Kier molecular flexibility index (Phi) is 7.97. The summed E-state index contributed by atoms with van der Waals surface area (Å²) in [4.78, 5) is 0. The van der Waals surface area contributed by atoms with Gasteiger partial charge in [-0.3, -0.25) is 0 Å². The van der Waals surface area contributed by atoms with Gasteiger partial charge in [0, 0.05) is 7.26 Å². The van der Waals surface area contributed by atoms with Crippen LogP contribution in [-0.2, 0) is 0 Å². The number of rotatable bonds is 8. The Hall–Kier alpha value is 0.430. The minimum absolute atomic E-state index is 0.441. The lowest BCUT2D eigenvalue weighted by molar-refractivity contribution is 0.520. The van der Waals surface area contributed by atoms with Crippen LogP contribution in [-0.4, -0.2) is 21.6 Å². The lowest BCUT2D eigenvalue weighted by Crippen LogP contribution is -2.46. The molecule has 0 atom stereocenters. The van der Waals surface area contributed by atoms with E-state index >= 15 is 0 Å². The van der Waals surface area contributed by atoms with Crippen LogP contribution >= 0.6 is 7.26 Å². The van der Waals surface area contributed by atoms with Crippen LogP contribution in [0.5, 0.6) is 0 Å². The van der Waals surface area contributed by atoms with E-state index in [2.05, 4.69) is 69.2 Å². The molecule has 0 nitrogen and oxygen atoms in total. The third kappa shape index (κ3) is 4.70. The van der Waals surface area contributed by atoms with Crippen molar-refractivity contribution in [3.8, 4) is 0 Å². The summed E-state index contributed by atoms with van der Waals surface area (Å²) in [6.07, 6.45) is 9.75. The molecular formula is C20H44P+. The molecule has 0 bridgehead atoms. The zero-order valence-electron chi connectivity index (χ0n) is 16.9. The summed E-state index contributed by atoms with van der Waals surface area (Å²) in [5.74, 6) is 0. The monoisotopic (exact) mass is 315 g/mol. The highest BCUT2D eigenvalue weighted by atomic mass is 31.2. The second kappa shape index (κ2) is 7.81. The van der Waals surface area contributed by atoms with Gasteiger partial charge in [-0.25, -0.2) is 0 Å². The van der Waals surface area contributed by atoms with Gasteiger partial charge in [0.05, 0.1) is 21.6 Å². The third-order valence-corrected chi connectivity index (χ3v) is 13.4. The van der Waals surface area contributed by atoms with Crippen molar-refractivity contribution < 1.29 is 0 Å². The Labute approximate surface area is 137 Å². The average Bonchev–Trinajstić information content (AvgIpc) is 2.25. The highest BCUT2D eigenvalue weighted by molar-refractivity contribution is 7.80. The van der Waals surface area contributed by atoms with E-state index in [4.69, 9.17) is 0 Å². The van der Waals surface area contributed by atoms with Crippen LogP contribution in [0.25, 0.3) is 0 Å². The maximum Gasteiger partial charge on any atom is 0.0753 e. The molecule has 0 fully saturated rings. The maximum atomic E-state index is 2.60. The summed E-state index contributed by atoms with van der Waals surface area (Å²) in [5, 5.41) is 1.38. The molecule has 0 aromatic rings. The molecule has 0 saturated heterocycles. The molecule has 0 aliphatic heterocycles. The Morgan fingerprint density at radius 2 is 1.05 bits per heavy atom. The number of hydrogen-bond acceptors (Lipinski definition) is 0. The molecule has 0 saturated carbocycles. The van der Waals surface area contributed by atoms with Crippen molar-refractivity contribution in [2.24, 2.45) is 0 Å². The van der Waals surface area contributed by atoms with Gasteiger partial charge in [-0.1, -0.05) is 33.1 Å². The van der Waals surface area contributed by atoms with E-state index in [0.717, 1.165) is 0 Å². The average molecular weight is 316 g/mol. The van der Waals surface area contributed by atoms with Gasteiger partial charge in [-0.2, -0.15) is 0 Å². The largest absolute Gasteiger partial charge is 0.0753 e. The van der Waals surface area contributed by atoms with Gasteiger partial charge in [-0.05, 0) is 74.7 Å². The van der Waals surface area contributed by atoms with Gasteiger partial charge in [0.15, 0.2) is 0 Å². The molecule has 0 aliphatic rings. The Morgan fingerprint density at radius 3 is 1.38 bits per heavy atom. The molecule has 0 aliphatic carbocycles. The predicted molar refractivity (Wildman–Crippen MR) is 104 cm³/mol. The van der Waals surface area contributed by atoms with Gasteiger partial charge in [-0.15, -0.1) is 0 Å². The van der Waals surface area contributed by atoms with Crippen molar-refractivity contribution in [2.45, 2.75) is 123 Å². The first-order chi connectivity index (χ1) is 9.37. The van der Waals surface area contributed by atoms with Gasteiger partial charge < -0.3 is 0 Å². The van der Waals surface area contributed by atoms with Crippen LogP contribution in [0.3, 0.4) is 0 Å². The SMILES string of the molecule is CCCCCC(C)(C)[P+](CCCC)(C(C)(C)C)C(C)(C)C.